The molecule has 0 aliphatic rings. The molecule has 10 heteroatoms. The Morgan fingerprint density at radius 3 is 2.45 bits per heavy atom. The van der Waals surface area contributed by atoms with Crippen LogP contribution in [0.2, 0.25) is 0 Å². The molecule has 1 heterocycles. The van der Waals surface area contributed by atoms with Gasteiger partial charge >= 0.3 is 6.18 Å². The summed E-state index contributed by atoms with van der Waals surface area (Å²) in [6, 6.07) is 7.53. The molecule has 0 bridgehead atoms. The van der Waals surface area contributed by atoms with E-state index in [1.54, 1.807) is 18.2 Å². The molecule has 0 spiro atoms. The molecule has 0 aliphatic carbocycles. The molecule has 1 aromatic heterocycles. The minimum Gasteiger partial charge on any atom is -0.494 e. The van der Waals surface area contributed by atoms with Crippen LogP contribution in [-0.2, 0) is 6.18 Å². The number of allylic oxidation sites excluding steroid dienone is 1. The standard InChI is InChI=1S/C21H26F3N5O2/c1-5-14(4)20(29-27-19-11-8-15(13-25-19)21(22,23)24)28-26-17-12-16(30-6-2)9-10-18(17)31-7-3/h5,8-13,26H,6-7H2,1-4H3,(H,25,27)(H,28,29). The van der Waals surface area contributed by atoms with Crippen LogP contribution in [-0.4, -0.2) is 24.0 Å². The second-order valence-corrected chi connectivity index (χ2v) is 6.25. The van der Waals surface area contributed by atoms with Crippen molar-refractivity contribution in [3.63, 3.8) is 0 Å². The molecule has 0 fully saturated rings. The SMILES string of the molecule is CC=C(C)C(=NNc1cc(OCC)ccc1OCC)NNc1ccc(C(F)(F)F)cn1. The second-order valence-electron chi connectivity index (χ2n) is 6.25. The Bertz CT molecular complexity index is 912. The molecule has 0 unspecified atom stereocenters. The highest BCUT2D eigenvalue weighted by Crippen LogP contribution is 2.30. The van der Waals surface area contributed by atoms with Gasteiger partial charge in [-0.25, -0.2) is 4.98 Å². The van der Waals surface area contributed by atoms with Crippen molar-refractivity contribution in [2.45, 2.75) is 33.9 Å². The molecule has 1 aromatic carbocycles. The van der Waals surface area contributed by atoms with E-state index < -0.39 is 11.7 Å². The van der Waals surface area contributed by atoms with E-state index in [1.807, 2.05) is 33.8 Å². The lowest BCUT2D eigenvalue weighted by Crippen LogP contribution is -2.31. The van der Waals surface area contributed by atoms with Crippen LogP contribution in [0.1, 0.15) is 33.3 Å². The molecule has 0 amide bonds. The van der Waals surface area contributed by atoms with Crippen molar-refractivity contribution in [2.24, 2.45) is 5.10 Å². The summed E-state index contributed by atoms with van der Waals surface area (Å²) in [5.41, 5.74) is 9.12. The summed E-state index contributed by atoms with van der Waals surface area (Å²) in [6.07, 6.45) is -1.85. The number of benzene rings is 1. The molecular weight excluding hydrogens is 411 g/mol. The molecule has 2 rings (SSSR count). The Kier molecular flexibility index (Phi) is 8.53. The smallest absolute Gasteiger partial charge is 0.417 e. The Morgan fingerprint density at radius 2 is 1.87 bits per heavy atom. The predicted octanol–water partition coefficient (Wildman–Crippen LogP) is 5.21. The van der Waals surface area contributed by atoms with Crippen molar-refractivity contribution >= 4 is 17.3 Å². The third kappa shape index (κ3) is 7.09. The zero-order valence-electron chi connectivity index (χ0n) is 17.8. The quantitative estimate of drug-likeness (QED) is 0.284. The Morgan fingerprint density at radius 1 is 1.13 bits per heavy atom. The lowest BCUT2D eigenvalue weighted by atomic mass is 10.2. The van der Waals surface area contributed by atoms with E-state index in [0.29, 0.717) is 36.2 Å². The minimum absolute atomic E-state index is 0.206. The van der Waals surface area contributed by atoms with Crippen LogP contribution >= 0.6 is 0 Å². The summed E-state index contributed by atoms with van der Waals surface area (Å²) in [6.45, 7) is 8.43. The lowest BCUT2D eigenvalue weighted by Gasteiger charge is -2.15. The maximum atomic E-state index is 12.7. The maximum absolute atomic E-state index is 12.7. The van der Waals surface area contributed by atoms with Crippen LogP contribution in [0.5, 0.6) is 11.5 Å². The van der Waals surface area contributed by atoms with Gasteiger partial charge in [-0.1, -0.05) is 6.08 Å². The second kappa shape index (κ2) is 11.1. The van der Waals surface area contributed by atoms with Crippen molar-refractivity contribution in [3.8, 4) is 11.5 Å². The number of aromatic nitrogens is 1. The van der Waals surface area contributed by atoms with Crippen LogP contribution in [0.4, 0.5) is 24.7 Å². The summed E-state index contributed by atoms with van der Waals surface area (Å²) in [4.78, 5) is 3.77. The fourth-order valence-electron chi connectivity index (χ4n) is 2.36. The molecule has 168 valence electrons. The van der Waals surface area contributed by atoms with E-state index in [4.69, 9.17) is 9.47 Å². The van der Waals surface area contributed by atoms with E-state index in [1.165, 1.54) is 6.07 Å². The molecule has 2 aromatic rings. The van der Waals surface area contributed by atoms with Gasteiger partial charge in [0.25, 0.3) is 0 Å². The topological polar surface area (TPSA) is 79.8 Å². The number of hydrogen-bond donors (Lipinski definition) is 3. The van der Waals surface area contributed by atoms with Crippen molar-refractivity contribution in [1.82, 2.24) is 10.4 Å². The number of hydrazine groups is 1. The molecule has 0 saturated heterocycles. The molecule has 31 heavy (non-hydrogen) atoms. The first-order chi connectivity index (χ1) is 14.8. The molecule has 3 N–H and O–H groups in total. The van der Waals surface area contributed by atoms with Crippen molar-refractivity contribution in [3.05, 3.63) is 53.7 Å². The minimum atomic E-state index is -4.44. The maximum Gasteiger partial charge on any atom is 0.417 e. The molecular formula is C21H26F3N5O2. The van der Waals surface area contributed by atoms with E-state index in [9.17, 15) is 13.2 Å². The third-order valence-corrected chi connectivity index (χ3v) is 4.06. The number of nitrogens with zero attached hydrogens (tertiary/aromatic N) is 2. The highest BCUT2D eigenvalue weighted by atomic mass is 19.4. The molecule has 0 saturated carbocycles. The first-order valence-corrected chi connectivity index (χ1v) is 9.70. The summed E-state index contributed by atoms with van der Waals surface area (Å²) in [7, 11) is 0. The van der Waals surface area contributed by atoms with Crippen LogP contribution in [0.15, 0.2) is 53.3 Å². The highest BCUT2D eigenvalue weighted by molar-refractivity contribution is 5.98. The number of anilines is 2. The number of hydrogen-bond acceptors (Lipinski definition) is 6. The largest absolute Gasteiger partial charge is 0.494 e. The zero-order chi connectivity index (χ0) is 22.9. The van der Waals surface area contributed by atoms with Gasteiger partial charge in [0.2, 0.25) is 0 Å². The zero-order valence-corrected chi connectivity index (χ0v) is 17.8. The van der Waals surface area contributed by atoms with Crippen molar-refractivity contribution in [2.75, 3.05) is 24.1 Å². The van der Waals surface area contributed by atoms with E-state index in [0.717, 1.165) is 17.8 Å². The van der Waals surface area contributed by atoms with Crippen LogP contribution in [0.25, 0.3) is 0 Å². The summed E-state index contributed by atoms with van der Waals surface area (Å²) >= 11 is 0. The van der Waals surface area contributed by atoms with Gasteiger partial charge in [0, 0.05) is 12.3 Å². The number of hydrazone groups is 1. The first-order valence-electron chi connectivity index (χ1n) is 9.70. The van der Waals surface area contributed by atoms with Gasteiger partial charge in [0.15, 0.2) is 5.84 Å². The number of halogens is 3. The number of rotatable bonds is 9. The van der Waals surface area contributed by atoms with Gasteiger partial charge in [-0.05, 0) is 57.5 Å². The summed E-state index contributed by atoms with van der Waals surface area (Å²) < 4.78 is 49.2. The summed E-state index contributed by atoms with van der Waals surface area (Å²) in [5.74, 6) is 1.88. The Labute approximate surface area is 179 Å². The highest BCUT2D eigenvalue weighted by Gasteiger charge is 2.30. The Balaban J connectivity index is 2.18. The molecule has 0 atom stereocenters. The van der Waals surface area contributed by atoms with Gasteiger partial charge in [-0.15, -0.1) is 0 Å². The fraction of sp³-hybridized carbons (Fsp3) is 0.333. The number of nitrogens with one attached hydrogen (secondary N) is 3. The lowest BCUT2D eigenvalue weighted by molar-refractivity contribution is -0.137. The third-order valence-electron chi connectivity index (χ3n) is 4.06. The average Bonchev–Trinajstić information content (AvgIpc) is 2.75. The Hall–Kier alpha value is -3.43. The fourth-order valence-corrected chi connectivity index (χ4v) is 2.36. The van der Waals surface area contributed by atoms with E-state index in [-0.39, 0.29) is 5.82 Å². The van der Waals surface area contributed by atoms with Crippen LogP contribution in [0.3, 0.4) is 0 Å². The summed E-state index contributed by atoms with van der Waals surface area (Å²) in [5, 5.41) is 4.36. The van der Waals surface area contributed by atoms with Gasteiger partial charge < -0.3 is 9.47 Å². The normalized spacial score (nSPS) is 12.4. The van der Waals surface area contributed by atoms with Gasteiger partial charge in [0.1, 0.15) is 23.0 Å². The van der Waals surface area contributed by atoms with Crippen molar-refractivity contribution in [1.29, 1.82) is 0 Å². The molecule has 0 aliphatic heterocycles. The number of alkyl halides is 3. The van der Waals surface area contributed by atoms with Crippen LogP contribution < -0.4 is 25.8 Å². The predicted molar refractivity (Wildman–Crippen MR) is 115 cm³/mol. The number of ether oxygens (including phenoxy) is 2. The van der Waals surface area contributed by atoms with Gasteiger partial charge in [0.05, 0.1) is 18.8 Å². The van der Waals surface area contributed by atoms with Crippen molar-refractivity contribution < 1.29 is 22.6 Å². The monoisotopic (exact) mass is 437 g/mol. The van der Waals surface area contributed by atoms with Crippen LogP contribution in [0, 0.1) is 0 Å². The average molecular weight is 437 g/mol. The first kappa shape index (κ1) is 23.8. The molecule has 0 radical (unpaired) electrons. The number of pyridine rings is 1. The van der Waals surface area contributed by atoms with E-state index >= 15 is 0 Å². The molecule has 7 nitrogen and oxygen atoms in total. The van der Waals surface area contributed by atoms with Gasteiger partial charge in [-0.3, -0.25) is 16.3 Å². The number of amidine groups is 1. The van der Waals surface area contributed by atoms with E-state index in [2.05, 4.69) is 26.4 Å². The van der Waals surface area contributed by atoms with Gasteiger partial charge in [-0.2, -0.15) is 18.3 Å².